The Labute approximate surface area is 160 Å². The first-order valence-corrected chi connectivity index (χ1v) is 8.62. The van der Waals surface area contributed by atoms with Gasteiger partial charge >= 0.3 is 12.1 Å². The molecule has 0 unspecified atom stereocenters. The van der Waals surface area contributed by atoms with Gasteiger partial charge in [0.15, 0.2) is 0 Å². The standard InChI is InChI=1S/C22H18F3NO2/c23-22(24,25)20-11-3-16(4-12-20)14-26-13-15-1-5-17(6-2-15)18-7-9-19(10-8-18)21(27)28/h1-12,26H,13-14H2,(H,27,28). The van der Waals surface area contributed by atoms with Crippen LogP contribution in [0.3, 0.4) is 0 Å². The van der Waals surface area contributed by atoms with Crippen molar-refractivity contribution >= 4 is 5.97 Å². The van der Waals surface area contributed by atoms with Crippen molar-refractivity contribution in [3.05, 3.63) is 95.1 Å². The van der Waals surface area contributed by atoms with Crippen LogP contribution in [0.2, 0.25) is 0 Å². The van der Waals surface area contributed by atoms with Gasteiger partial charge < -0.3 is 10.4 Å². The van der Waals surface area contributed by atoms with E-state index in [9.17, 15) is 18.0 Å². The Morgan fingerprint density at radius 1 is 0.750 bits per heavy atom. The van der Waals surface area contributed by atoms with Crippen molar-refractivity contribution in [2.45, 2.75) is 19.3 Å². The largest absolute Gasteiger partial charge is 0.478 e. The molecule has 0 heterocycles. The third kappa shape index (κ3) is 4.98. The number of halogens is 3. The first-order chi connectivity index (χ1) is 13.3. The quantitative estimate of drug-likeness (QED) is 0.601. The van der Waals surface area contributed by atoms with Crippen LogP contribution in [0.1, 0.15) is 27.0 Å². The maximum atomic E-state index is 12.6. The number of hydrogen-bond donors (Lipinski definition) is 2. The lowest BCUT2D eigenvalue weighted by Gasteiger charge is -2.09. The minimum atomic E-state index is -4.32. The summed E-state index contributed by atoms with van der Waals surface area (Å²) in [5.74, 6) is -0.957. The summed E-state index contributed by atoms with van der Waals surface area (Å²) in [5.41, 5.74) is 3.31. The Morgan fingerprint density at radius 2 is 1.18 bits per heavy atom. The summed E-state index contributed by atoms with van der Waals surface area (Å²) >= 11 is 0. The average molecular weight is 385 g/mol. The first kappa shape index (κ1) is 19.6. The third-order valence-corrected chi connectivity index (χ3v) is 4.36. The highest BCUT2D eigenvalue weighted by Gasteiger charge is 2.29. The van der Waals surface area contributed by atoms with Gasteiger partial charge in [-0.2, -0.15) is 13.2 Å². The van der Waals surface area contributed by atoms with Gasteiger partial charge in [-0.3, -0.25) is 0 Å². The number of alkyl halides is 3. The van der Waals surface area contributed by atoms with Gasteiger partial charge in [0.05, 0.1) is 11.1 Å². The van der Waals surface area contributed by atoms with Crippen LogP contribution < -0.4 is 5.32 Å². The third-order valence-electron chi connectivity index (χ3n) is 4.36. The van der Waals surface area contributed by atoms with Crippen LogP contribution in [0.15, 0.2) is 72.8 Å². The van der Waals surface area contributed by atoms with E-state index in [1.165, 1.54) is 12.1 Å². The predicted molar refractivity (Wildman–Crippen MR) is 101 cm³/mol. The van der Waals surface area contributed by atoms with Crippen molar-refractivity contribution in [3.63, 3.8) is 0 Å². The summed E-state index contributed by atoms with van der Waals surface area (Å²) < 4.78 is 37.7. The molecule has 3 aromatic carbocycles. The summed E-state index contributed by atoms with van der Waals surface area (Å²) in [7, 11) is 0. The summed E-state index contributed by atoms with van der Waals surface area (Å²) in [6.45, 7) is 1.05. The van der Waals surface area contributed by atoms with Crippen molar-refractivity contribution in [2.24, 2.45) is 0 Å². The van der Waals surface area contributed by atoms with Crippen molar-refractivity contribution in [1.29, 1.82) is 0 Å². The lowest BCUT2D eigenvalue weighted by molar-refractivity contribution is -0.137. The molecule has 3 aromatic rings. The number of carboxylic acids is 1. The normalized spacial score (nSPS) is 11.4. The maximum absolute atomic E-state index is 12.6. The second-order valence-corrected chi connectivity index (χ2v) is 6.38. The highest BCUT2D eigenvalue weighted by atomic mass is 19.4. The molecule has 0 saturated carbocycles. The van der Waals surface area contributed by atoms with Crippen LogP contribution in [0.4, 0.5) is 13.2 Å². The van der Waals surface area contributed by atoms with E-state index in [1.54, 1.807) is 24.3 Å². The molecule has 0 atom stereocenters. The Hall–Kier alpha value is -3.12. The smallest absolute Gasteiger partial charge is 0.416 e. The molecule has 0 aliphatic heterocycles. The maximum Gasteiger partial charge on any atom is 0.416 e. The summed E-state index contributed by atoms with van der Waals surface area (Å²) in [6, 6.07) is 19.6. The van der Waals surface area contributed by atoms with Gasteiger partial charge in [0.1, 0.15) is 0 Å². The monoisotopic (exact) mass is 385 g/mol. The molecule has 28 heavy (non-hydrogen) atoms. The minimum Gasteiger partial charge on any atom is -0.478 e. The van der Waals surface area contributed by atoms with Crippen LogP contribution in [-0.4, -0.2) is 11.1 Å². The fraction of sp³-hybridized carbons (Fsp3) is 0.136. The van der Waals surface area contributed by atoms with Crippen molar-refractivity contribution in [1.82, 2.24) is 5.32 Å². The second kappa shape index (κ2) is 8.27. The van der Waals surface area contributed by atoms with Crippen molar-refractivity contribution in [3.8, 4) is 11.1 Å². The van der Waals surface area contributed by atoms with E-state index < -0.39 is 17.7 Å². The Morgan fingerprint density at radius 3 is 1.61 bits per heavy atom. The van der Waals surface area contributed by atoms with Crippen LogP contribution in [0.25, 0.3) is 11.1 Å². The van der Waals surface area contributed by atoms with E-state index in [1.807, 2.05) is 24.3 Å². The number of hydrogen-bond acceptors (Lipinski definition) is 2. The summed E-state index contributed by atoms with van der Waals surface area (Å²) in [6.07, 6.45) is -4.32. The molecule has 0 amide bonds. The first-order valence-electron chi connectivity index (χ1n) is 8.62. The predicted octanol–water partition coefficient (Wildman–Crippen LogP) is 5.36. The number of rotatable bonds is 6. The number of benzene rings is 3. The molecule has 0 aliphatic rings. The van der Waals surface area contributed by atoms with E-state index in [4.69, 9.17) is 5.11 Å². The molecule has 144 valence electrons. The fourth-order valence-corrected chi connectivity index (χ4v) is 2.78. The molecule has 0 aliphatic carbocycles. The molecule has 0 bridgehead atoms. The van der Waals surface area contributed by atoms with E-state index >= 15 is 0 Å². The molecule has 3 nitrogen and oxygen atoms in total. The lowest BCUT2D eigenvalue weighted by Crippen LogP contribution is -2.13. The van der Waals surface area contributed by atoms with E-state index in [0.29, 0.717) is 13.1 Å². The van der Waals surface area contributed by atoms with Gasteiger partial charge in [-0.25, -0.2) is 4.79 Å². The molecular weight excluding hydrogens is 367 g/mol. The zero-order valence-electron chi connectivity index (χ0n) is 14.8. The van der Waals surface area contributed by atoms with Crippen LogP contribution >= 0.6 is 0 Å². The zero-order chi connectivity index (χ0) is 20.1. The SMILES string of the molecule is O=C(O)c1ccc(-c2ccc(CNCc3ccc(C(F)(F)F)cc3)cc2)cc1. The highest BCUT2D eigenvalue weighted by Crippen LogP contribution is 2.29. The van der Waals surface area contributed by atoms with E-state index in [2.05, 4.69) is 5.32 Å². The molecule has 0 aromatic heterocycles. The van der Waals surface area contributed by atoms with E-state index in [-0.39, 0.29) is 5.56 Å². The second-order valence-electron chi connectivity index (χ2n) is 6.38. The topological polar surface area (TPSA) is 49.3 Å². The van der Waals surface area contributed by atoms with E-state index in [0.717, 1.165) is 34.4 Å². The number of nitrogens with one attached hydrogen (secondary N) is 1. The molecule has 0 fully saturated rings. The molecule has 3 rings (SSSR count). The van der Waals surface area contributed by atoms with Gasteiger partial charge in [0.2, 0.25) is 0 Å². The van der Waals surface area contributed by atoms with Gasteiger partial charge in [-0.1, -0.05) is 48.5 Å². The van der Waals surface area contributed by atoms with Crippen molar-refractivity contribution in [2.75, 3.05) is 0 Å². The number of carbonyl (C=O) groups is 1. The molecular formula is C22H18F3NO2. The zero-order valence-corrected chi connectivity index (χ0v) is 14.8. The lowest BCUT2D eigenvalue weighted by atomic mass is 10.0. The fourth-order valence-electron chi connectivity index (χ4n) is 2.78. The average Bonchev–Trinajstić information content (AvgIpc) is 2.68. The Kier molecular flexibility index (Phi) is 5.80. The molecule has 0 spiro atoms. The number of aromatic carboxylic acids is 1. The van der Waals surface area contributed by atoms with Gasteiger partial charge in [0, 0.05) is 13.1 Å². The van der Waals surface area contributed by atoms with Crippen LogP contribution in [-0.2, 0) is 19.3 Å². The Balaban J connectivity index is 1.55. The van der Waals surface area contributed by atoms with Crippen molar-refractivity contribution < 1.29 is 23.1 Å². The van der Waals surface area contributed by atoms with Crippen LogP contribution in [0.5, 0.6) is 0 Å². The summed E-state index contributed by atoms with van der Waals surface area (Å²) in [5, 5.41) is 12.1. The van der Waals surface area contributed by atoms with Gasteiger partial charge in [0.25, 0.3) is 0 Å². The Bertz CT molecular complexity index is 932. The van der Waals surface area contributed by atoms with Gasteiger partial charge in [-0.15, -0.1) is 0 Å². The molecule has 6 heteroatoms. The molecule has 2 N–H and O–H groups in total. The minimum absolute atomic E-state index is 0.243. The summed E-state index contributed by atoms with van der Waals surface area (Å²) in [4.78, 5) is 10.9. The van der Waals surface area contributed by atoms with Gasteiger partial charge in [-0.05, 0) is 46.5 Å². The molecule has 0 saturated heterocycles. The highest BCUT2D eigenvalue weighted by molar-refractivity contribution is 5.88. The molecule has 0 radical (unpaired) electrons. The number of carboxylic acid groups (broad SMARTS) is 1. The van der Waals surface area contributed by atoms with Crippen LogP contribution in [0, 0.1) is 0 Å².